The number of benzene rings is 2. The second-order valence-electron chi connectivity index (χ2n) is 6.07. The van der Waals surface area contributed by atoms with E-state index in [9.17, 15) is 4.39 Å². The fourth-order valence-corrected chi connectivity index (χ4v) is 3.31. The van der Waals surface area contributed by atoms with Crippen LogP contribution in [-0.2, 0) is 0 Å². The van der Waals surface area contributed by atoms with E-state index in [1.807, 2.05) is 19.2 Å². The summed E-state index contributed by atoms with van der Waals surface area (Å²) in [4.78, 5) is 5.42. The maximum Gasteiger partial charge on any atom is 0.206 e. The van der Waals surface area contributed by atoms with Crippen LogP contribution in [0.1, 0.15) is 25.0 Å². The van der Waals surface area contributed by atoms with Crippen LogP contribution in [-0.4, -0.2) is 16.9 Å². The molecular weight excluding hydrogens is 333 g/mol. The van der Waals surface area contributed by atoms with E-state index in [1.165, 1.54) is 23.0 Å². The maximum atomic E-state index is 13.9. The van der Waals surface area contributed by atoms with Gasteiger partial charge in [0.05, 0.1) is 11.9 Å². The Morgan fingerprint density at radius 2 is 1.80 bits per heavy atom. The zero-order valence-electron chi connectivity index (χ0n) is 14.5. The van der Waals surface area contributed by atoms with Crippen molar-refractivity contribution >= 4 is 17.6 Å². The first-order valence-corrected chi connectivity index (χ1v) is 9.03. The SMILES string of the molecule is Cc1ccc(-c2csc(=NC(C)C)n2N=Cc2ccccc2F)cc1. The van der Waals surface area contributed by atoms with Crippen LogP contribution in [0.4, 0.5) is 4.39 Å². The highest BCUT2D eigenvalue weighted by atomic mass is 32.1. The molecule has 128 valence electrons. The highest BCUT2D eigenvalue weighted by Gasteiger charge is 2.08. The molecule has 0 N–H and O–H groups in total. The van der Waals surface area contributed by atoms with Crippen molar-refractivity contribution in [2.75, 3.05) is 0 Å². The number of halogens is 1. The molecule has 0 aliphatic heterocycles. The summed E-state index contributed by atoms with van der Waals surface area (Å²) in [6, 6.07) is 15.0. The first-order chi connectivity index (χ1) is 12.0. The van der Waals surface area contributed by atoms with Gasteiger partial charge < -0.3 is 0 Å². The van der Waals surface area contributed by atoms with Crippen molar-refractivity contribution in [2.45, 2.75) is 26.8 Å². The van der Waals surface area contributed by atoms with E-state index in [0.29, 0.717) is 5.56 Å². The van der Waals surface area contributed by atoms with Gasteiger partial charge in [-0.2, -0.15) is 5.10 Å². The Kier molecular flexibility index (Phi) is 5.24. The lowest BCUT2D eigenvalue weighted by atomic mass is 10.1. The van der Waals surface area contributed by atoms with Gasteiger partial charge in [-0.15, -0.1) is 11.3 Å². The van der Waals surface area contributed by atoms with Gasteiger partial charge >= 0.3 is 0 Å². The summed E-state index contributed by atoms with van der Waals surface area (Å²) in [6.45, 7) is 6.10. The lowest BCUT2D eigenvalue weighted by Gasteiger charge is -2.05. The Hall–Kier alpha value is -2.53. The Morgan fingerprint density at radius 3 is 2.48 bits per heavy atom. The van der Waals surface area contributed by atoms with Crippen molar-refractivity contribution < 1.29 is 4.39 Å². The normalized spacial score (nSPS) is 12.4. The van der Waals surface area contributed by atoms with E-state index in [0.717, 1.165) is 16.1 Å². The summed E-state index contributed by atoms with van der Waals surface area (Å²) in [6.07, 6.45) is 1.54. The summed E-state index contributed by atoms with van der Waals surface area (Å²) < 4.78 is 15.7. The Morgan fingerprint density at radius 1 is 1.08 bits per heavy atom. The Bertz CT molecular complexity index is 950. The first-order valence-electron chi connectivity index (χ1n) is 8.15. The smallest absolute Gasteiger partial charge is 0.206 e. The summed E-state index contributed by atoms with van der Waals surface area (Å²) in [7, 11) is 0. The summed E-state index contributed by atoms with van der Waals surface area (Å²) in [5.74, 6) is -0.290. The van der Waals surface area contributed by atoms with E-state index in [2.05, 4.69) is 41.3 Å². The van der Waals surface area contributed by atoms with Gasteiger partial charge in [0.2, 0.25) is 4.80 Å². The van der Waals surface area contributed by atoms with Crippen LogP contribution in [0.5, 0.6) is 0 Å². The van der Waals surface area contributed by atoms with Gasteiger partial charge in [-0.25, -0.2) is 9.07 Å². The zero-order chi connectivity index (χ0) is 17.8. The Labute approximate surface area is 150 Å². The third kappa shape index (κ3) is 4.12. The van der Waals surface area contributed by atoms with E-state index >= 15 is 0 Å². The highest BCUT2D eigenvalue weighted by molar-refractivity contribution is 7.07. The molecule has 0 saturated carbocycles. The number of aryl methyl sites for hydroxylation is 1. The molecule has 0 aliphatic carbocycles. The molecule has 2 aromatic carbocycles. The molecular formula is C20H20FN3S. The van der Waals surface area contributed by atoms with Crippen molar-refractivity contribution in [1.82, 2.24) is 4.68 Å². The monoisotopic (exact) mass is 353 g/mol. The second kappa shape index (κ2) is 7.57. The number of rotatable bonds is 4. The van der Waals surface area contributed by atoms with Crippen LogP contribution in [0, 0.1) is 12.7 Å². The molecule has 0 spiro atoms. The van der Waals surface area contributed by atoms with Crippen molar-refractivity contribution in [3.8, 4) is 11.3 Å². The van der Waals surface area contributed by atoms with Crippen LogP contribution in [0.15, 0.2) is 64.0 Å². The molecule has 0 fully saturated rings. The van der Waals surface area contributed by atoms with Crippen LogP contribution in [0.25, 0.3) is 11.3 Å². The highest BCUT2D eigenvalue weighted by Crippen LogP contribution is 2.21. The minimum Gasteiger partial charge on any atom is -0.255 e. The molecule has 3 rings (SSSR count). The fraction of sp³-hybridized carbons (Fsp3) is 0.200. The van der Waals surface area contributed by atoms with Gasteiger partial charge in [0.1, 0.15) is 5.82 Å². The van der Waals surface area contributed by atoms with Crippen LogP contribution in [0.2, 0.25) is 0 Å². The topological polar surface area (TPSA) is 29.6 Å². The molecule has 3 nitrogen and oxygen atoms in total. The Balaban J connectivity index is 2.10. The van der Waals surface area contributed by atoms with E-state index < -0.39 is 0 Å². The lowest BCUT2D eigenvalue weighted by molar-refractivity contribution is 0.625. The second-order valence-corrected chi connectivity index (χ2v) is 6.91. The average Bonchev–Trinajstić information content (AvgIpc) is 2.97. The fourth-order valence-electron chi connectivity index (χ4n) is 2.34. The van der Waals surface area contributed by atoms with E-state index in [4.69, 9.17) is 0 Å². The molecule has 0 radical (unpaired) electrons. The van der Waals surface area contributed by atoms with Gasteiger partial charge in [0, 0.05) is 22.5 Å². The summed E-state index contributed by atoms with van der Waals surface area (Å²) >= 11 is 1.53. The van der Waals surface area contributed by atoms with Crippen molar-refractivity contribution in [1.29, 1.82) is 0 Å². The molecule has 0 saturated heterocycles. The number of thiazole rings is 1. The lowest BCUT2D eigenvalue weighted by Crippen LogP contribution is -2.14. The zero-order valence-corrected chi connectivity index (χ0v) is 15.3. The van der Waals surface area contributed by atoms with Crippen molar-refractivity contribution in [3.05, 3.63) is 75.7 Å². The predicted molar refractivity (Wildman–Crippen MR) is 103 cm³/mol. The quantitative estimate of drug-likeness (QED) is 0.600. The molecule has 1 heterocycles. The number of hydrogen-bond donors (Lipinski definition) is 0. The molecule has 25 heavy (non-hydrogen) atoms. The van der Waals surface area contributed by atoms with Crippen molar-refractivity contribution in [2.24, 2.45) is 10.1 Å². The number of nitrogens with zero attached hydrogens (tertiary/aromatic N) is 3. The predicted octanol–water partition coefficient (Wildman–Crippen LogP) is 4.86. The minimum absolute atomic E-state index is 0.152. The third-order valence-corrected chi connectivity index (χ3v) is 4.45. The standard InChI is InChI=1S/C20H20FN3S/c1-14(2)23-20-24(22-12-17-6-4-5-7-18(17)21)19(13-25-20)16-10-8-15(3)9-11-16/h4-14H,1-3H3. The van der Waals surface area contributed by atoms with E-state index in [1.54, 1.807) is 29.1 Å². The molecule has 1 aromatic heterocycles. The van der Waals surface area contributed by atoms with Gasteiger partial charge in [-0.1, -0.05) is 48.0 Å². The molecule has 0 atom stereocenters. The van der Waals surface area contributed by atoms with E-state index in [-0.39, 0.29) is 11.9 Å². The molecule has 0 amide bonds. The minimum atomic E-state index is -0.290. The average molecular weight is 353 g/mol. The van der Waals surface area contributed by atoms with Gasteiger partial charge in [0.25, 0.3) is 0 Å². The van der Waals surface area contributed by atoms with Crippen LogP contribution >= 0.6 is 11.3 Å². The molecule has 0 bridgehead atoms. The van der Waals surface area contributed by atoms with Crippen molar-refractivity contribution in [3.63, 3.8) is 0 Å². The summed E-state index contributed by atoms with van der Waals surface area (Å²) in [5, 5.41) is 6.55. The van der Waals surface area contributed by atoms with Gasteiger partial charge in [-0.05, 0) is 26.8 Å². The summed E-state index contributed by atoms with van der Waals surface area (Å²) in [5.41, 5.74) is 3.65. The molecule has 5 heteroatoms. The number of aromatic nitrogens is 1. The third-order valence-electron chi connectivity index (χ3n) is 3.62. The van der Waals surface area contributed by atoms with Gasteiger partial charge in [0.15, 0.2) is 0 Å². The van der Waals surface area contributed by atoms with Crippen LogP contribution in [0.3, 0.4) is 0 Å². The van der Waals surface area contributed by atoms with Gasteiger partial charge in [-0.3, -0.25) is 4.99 Å². The van der Waals surface area contributed by atoms with Crippen LogP contribution < -0.4 is 4.80 Å². The molecule has 3 aromatic rings. The first kappa shape index (κ1) is 17.3. The largest absolute Gasteiger partial charge is 0.255 e. The number of hydrogen-bond acceptors (Lipinski definition) is 3. The molecule has 0 aliphatic rings. The maximum absolute atomic E-state index is 13.9. The molecule has 0 unspecified atom stereocenters.